The number of ketones is 1. The van der Waals surface area contributed by atoms with Gasteiger partial charge in [-0.05, 0) is 36.7 Å². The van der Waals surface area contributed by atoms with Gasteiger partial charge in [-0.2, -0.15) is 0 Å². The fourth-order valence-electron chi connectivity index (χ4n) is 5.00. The third-order valence-corrected chi connectivity index (χ3v) is 5.94. The predicted molar refractivity (Wildman–Crippen MR) is 78.9 cm³/mol. The number of hydrogen-bond acceptors (Lipinski definition) is 5. The zero-order valence-corrected chi connectivity index (χ0v) is 12.8. The molecule has 3 fully saturated rings. The van der Waals surface area contributed by atoms with Crippen molar-refractivity contribution >= 4 is 11.8 Å². The molecular formula is C17H24O5. The summed E-state index contributed by atoms with van der Waals surface area (Å²) in [7, 11) is 0. The Balaban J connectivity index is 1.96. The fraction of sp³-hybridized carbons (Fsp3) is 0.765. The minimum absolute atomic E-state index is 0.0106. The number of esters is 1. The molecule has 3 rings (SSSR count). The van der Waals surface area contributed by atoms with E-state index in [0.717, 1.165) is 25.7 Å². The number of rotatable bonds is 2. The molecule has 0 aromatic heterocycles. The maximum Gasteiger partial charge on any atom is 0.332 e. The Morgan fingerprint density at radius 3 is 2.91 bits per heavy atom. The second-order valence-corrected chi connectivity index (χ2v) is 7.13. The summed E-state index contributed by atoms with van der Waals surface area (Å²) < 4.78 is 5.42. The van der Waals surface area contributed by atoms with Gasteiger partial charge in [0.15, 0.2) is 0 Å². The van der Waals surface area contributed by atoms with Crippen molar-refractivity contribution in [1.29, 1.82) is 0 Å². The van der Waals surface area contributed by atoms with Gasteiger partial charge in [-0.25, -0.2) is 4.79 Å². The molecule has 0 heterocycles. The number of aliphatic hydroxyl groups is 2. The van der Waals surface area contributed by atoms with Crippen LogP contribution in [0, 0.1) is 17.3 Å². The molecule has 2 unspecified atom stereocenters. The minimum atomic E-state index is -0.672. The van der Waals surface area contributed by atoms with Crippen molar-refractivity contribution in [3.8, 4) is 0 Å². The van der Waals surface area contributed by atoms with Crippen LogP contribution in [0.3, 0.4) is 0 Å². The van der Waals surface area contributed by atoms with Gasteiger partial charge in [0.1, 0.15) is 18.5 Å². The molecule has 5 atom stereocenters. The molecule has 122 valence electrons. The number of aliphatic hydroxyl groups excluding tert-OH is 2. The zero-order valence-electron chi connectivity index (χ0n) is 12.8. The number of carbonyl (C=O) groups is 2. The van der Waals surface area contributed by atoms with Crippen LogP contribution in [0.15, 0.2) is 12.2 Å². The quantitative estimate of drug-likeness (QED) is 0.594. The van der Waals surface area contributed by atoms with Crippen LogP contribution >= 0.6 is 0 Å². The highest BCUT2D eigenvalue weighted by atomic mass is 16.6. The molecule has 5 heteroatoms. The van der Waals surface area contributed by atoms with E-state index < -0.39 is 24.8 Å². The molecule has 0 aromatic carbocycles. The lowest BCUT2D eigenvalue weighted by Crippen LogP contribution is -2.48. The summed E-state index contributed by atoms with van der Waals surface area (Å²) >= 11 is 0. The Hall–Kier alpha value is -1.20. The van der Waals surface area contributed by atoms with Gasteiger partial charge in [0.25, 0.3) is 0 Å². The summed E-state index contributed by atoms with van der Waals surface area (Å²) in [6, 6.07) is 0. The van der Waals surface area contributed by atoms with Gasteiger partial charge in [0.2, 0.25) is 0 Å². The van der Waals surface area contributed by atoms with E-state index >= 15 is 0 Å². The average molecular weight is 308 g/mol. The van der Waals surface area contributed by atoms with Crippen molar-refractivity contribution in [2.24, 2.45) is 17.3 Å². The molecule has 5 nitrogen and oxygen atoms in total. The van der Waals surface area contributed by atoms with Crippen molar-refractivity contribution in [3.05, 3.63) is 12.2 Å². The van der Waals surface area contributed by atoms with Gasteiger partial charge in [0, 0.05) is 24.7 Å². The molecule has 0 radical (unpaired) electrons. The molecule has 0 spiro atoms. The first-order valence-electron chi connectivity index (χ1n) is 8.15. The third-order valence-electron chi connectivity index (χ3n) is 5.94. The van der Waals surface area contributed by atoms with Crippen molar-refractivity contribution in [3.63, 3.8) is 0 Å². The first-order chi connectivity index (χ1) is 10.5. The topological polar surface area (TPSA) is 83.8 Å². The summed E-state index contributed by atoms with van der Waals surface area (Å²) in [5.41, 5.74) is 0.506. The van der Waals surface area contributed by atoms with Crippen LogP contribution in [0.4, 0.5) is 0 Å². The van der Waals surface area contributed by atoms with Crippen molar-refractivity contribution in [2.45, 2.75) is 57.2 Å². The van der Waals surface area contributed by atoms with Crippen LogP contribution in [0.2, 0.25) is 0 Å². The van der Waals surface area contributed by atoms with E-state index in [4.69, 9.17) is 9.84 Å². The molecular weight excluding hydrogens is 284 g/mol. The van der Waals surface area contributed by atoms with Crippen molar-refractivity contribution < 1.29 is 24.5 Å². The minimum Gasteiger partial charge on any atom is -0.460 e. The highest BCUT2D eigenvalue weighted by molar-refractivity contribution is 5.85. The van der Waals surface area contributed by atoms with Crippen LogP contribution in [0.1, 0.15) is 44.9 Å². The molecule has 3 saturated carbocycles. The molecule has 2 bridgehead atoms. The molecule has 0 aliphatic heterocycles. The van der Waals surface area contributed by atoms with Gasteiger partial charge in [0.05, 0.1) is 6.10 Å². The monoisotopic (exact) mass is 308 g/mol. The van der Waals surface area contributed by atoms with E-state index in [2.05, 4.69) is 6.58 Å². The number of carbonyl (C=O) groups excluding carboxylic acids is 2. The van der Waals surface area contributed by atoms with Gasteiger partial charge in [-0.3, -0.25) is 4.79 Å². The highest BCUT2D eigenvalue weighted by Crippen LogP contribution is 2.58. The second kappa shape index (κ2) is 5.78. The summed E-state index contributed by atoms with van der Waals surface area (Å²) in [6.45, 7) is 3.28. The van der Waals surface area contributed by atoms with E-state index in [1.165, 1.54) is 0 Å². The number of hydrogen-bond donors (Lipinski definition) is 2. The lowest BCUT2D eigenvalue weighted by atomic mass is 9.57. The Kier molecular flexibility index (Phi) is 4.12. The van der Waals surface area contributed by atoms with Gasteiger partial charge < -0.3 is 14.9 Å². The predicted octanol–water partition coefficient (Wildman–Crippen LogP) is 1.37. The van der Waals surface area contributed by atoms with Crippen LogP contribution in [-0.2, 0) is 14.3 Å². The summed E-state index contributed by atoms with van der Waals surface area (Å²) in [5.74, 6) is -0.562. The Morgan fingerprint density at radius 1 is 1.41 bits per heavy atom. The second-order valence-electron chi connectivity index (χ2n) is 7.13. The van der Waals surface area contributed by atoms with Gasteiger partial charge in [-0.1, -0.05) is 13.0 Å². The zero-order chi connectivity index (χ0) is 15.9. The van der Waals surface area contributed by atoms with Gasteiger partial charge >= 0.3 is 5.97 Å². The van der Waals surface area contributed by atoms with E-state index in [0.29, 0.717) is 24.8 Å². The largest absolute Gasteiger partial charge is 0.460 e. The van der Waals surface area contributed by atoms with Crippen LogP contribution < -0.4 is 0 Å². The maximum absolute atomic E-state index is 12.5. The Labute approximate surface area is 130 Å². The molecule has 0 saturated heterocycles. The standard InChI is InChI=1S/C17H24O5/c1-10-7-14(22-15(21)9-18)11-3-2-5-17(8-13(10)20)6-4-12(19)16(11)17/h11,13-14,16,18,20H,1-9H2/t11?,13-,14+,16?,17-/m0/s1. The first-order valence-corrected chi connectivity index (χ1v) is 8.15. The van der Waals surface area contributed by atoms with Crippen LogP contribution in [-0.4, -0.2) is 40.8 Å². The fourth-order valence-corrected chi connectivity index (χ4v) is 5.00. The molecule has 0 amide bonds. The lowest BCUT2D eigenvalue weighted by molar-refractivity contribution is -0.162. The summed E-state index contributed by atoms with van der Waals surface area (Å²) in [6.07, 6.45) is 4.02. The Bertz CT molecular complexity index is 499. The van der Waals surface area contributed by atoms with Crippen molar-refractivity contribution in [1.82, 2.24) is 0 Å². The van der Waals surface area contributed by atoms with Gasteiger partial charge in [-0.15, -0.1) is 0 Å². The molecule has 2 N–H and O–H groups in total. The SMILES string of the molecule is C=C1C[C@@H](OC(=O)CO)C2CCC[C@]3(CCC(=O)C23)C[C@@H]1O. The third kappa shape index (κ3) is 2.50. The molecule has 3 aliphatic rings. The Morgan fingerprint density at radius 2 is 2.18 bits per heavy atom. The van der Waals surface area contributed by atoms with Crippen LogP contribution in [0.25, 0.3) is 0 Å². The van der Waals surface area contributed by atoms with E-state index in [9.17, 15) is 14.7 Å². The van der Waals surface area contributed by atoms with Crippen LogP contribution in [0.5, 0.6) is 0 Å². The van der Waals surface area contributed by atoms with E-state index in [-0.39, 0.29) is 23.0 Å². The summed E-state index contributed by atoms with van der Waals surface area (Å²) in [5, 5.41) is 19.4. The molecule has 3 aliphatic carbocycles. The maximum atomic E-state index is 12.5. The summed E-state index contributed by atoms with van der Waals surface area (Å²) in [4.78, 5) is 24.0. The lowest BCUT2D eigenvalue weighted by Gasteiger charge is -2.48. The first kappa shape index (κ1) is 15.7. The number of Topliss-reactive ketones (excluding diaryl/α,β-unsaturated/α-hetero) is 1. The van der Waals surface area contributed by atoms with E-state index in [1.54, 1.807) is 0 Å². The molecule has 22 heavy (non-hydrogen) atoms. The number of ether oxygens (including phenoxy) is 1. The van der Waals surface area contributed by atoms with Crippen molar-refractivity contribution in [2.75, 3.05) is 6.61 Å². The highest BCUT2D eigenvalue weighted by Gasteiger charge is 2.57. The smallest absolute Gasteiger partial charge is 0.332 e. The normalized spacial score (nSPS) is 41.5. The molecule has 0 aromatic rings. The average Bonchev–Trinajstić information content (AvgIpc) is 2.82. The van der Waals surface area contributed by atoms with E-state index in [1.807, 2.05) is 0 Å².